The average Bonchev–Trinajstić information content (AvgIpc) is 1.81. The molecule has 109 heavy (non-hydrogen) atoms. The van der Waals surface area contributed by atoms with E-state index in [0.717, 1.165) is 140 Å². The molecule has 1 aromatic carbocycles. The quantitative estimate of drug-likeness (QED) is 0.00678. The highest BCUT2D eigenvalue weighted by molar-refractivity contribution is 8.78. The Morgan fingerprint density at radius 3 is 1.33 bits per heavy atom. The fourth-order valence-corrected chi connectivity index (χ4v) is 24.5. The van der Waals surface area contributed by atoms with Crippen LogP contribution in [0.2, 0.25) is 0 Å². The van der Waals surface area contributed by atoms with Gasteiger partial charge in [0, 0.05) is 119 Å². The molecule has 1 aromatic rings. The zero-order valence-electron chi connectivity index (χ0n) is 63.7. The predicted octanol–water partition coefficient (Wildman–Crippen LogP) is 21.1. The van der Waals surface area contributed by atoms with Gasteiger partial charge in [0.25, 0.3) is 0 Å². The standard InChI is InChI=1S/C21H28O5S2.C15H24O4S2.C15H22O4S2.C14H22O4S2.C13H20O4S2/c1-3-21(22)24-16-19(12-14-23-18-9-5-4-6-10-18)26-25-17(2)8-7-11-20-13-15-27-28-20;1-5-8-12(4)18-19-15(7-3,11-17-14(16)6-2)13-9-10-20-21-13;1-4-13(11-17-15(16)5-2)19-18-12(3)7-6-8-14-9-10-20-21-14;1-4-14(15)16-10-12(3)18-17-11(2)6-5-7-13-8-9-19-20-13;1-3-13(14)15-8-9-16-17-11(2)5-4-6-12-7-10-18-19-12/h3-6,9-10,19-20H,1-2,7-8,11-16H2;6,13H,2,4-5,7-11H2,1,3H3;4-5,13-14H,1-3,6-11H2;4,12-13H,1-2,5-10H2,3H3;3,12H,1-2,4-10H2. The van der Waals surface area contributed by atoms with Gasteiger partial charge in [-0.1, -0.05) is 212 Å². The monoisotopic (exact) mass is 1710 g/mol. The molecular formula is C78H116O21S10. The Morgan fingerprint density at radius 1 is 0.468 bits per heavy atom. The fourth-order valence-electron chi connectivity index (χ4n) is 9.13. The molecule has 0 saturated carbocycles. The minimum absolute atomic E-state index is 0.0393. The van der Waals surface area contributed by atoms with Gasteiger partial charge in [0.15, 0.2) is 11.7 Å². The molecule has 9 unspecified atom stereocenters. The largest absolute Gasteiger partial charge is 0.493 e. The first kappa shape index (κ1) is 101. The zero-order chi connectivity index (χ0) is 80.0. The van der Waals surface area contributed by atoms with E-state index in [4.69, 9.17) is 77.3 Å². The van der Waals surface area contributed by atoms with Crippen LogP contribution in [0, 0.1) is 0 Å². The summed E-state index contributed by atoms with van der Waals surface area (Å²) < 4.78 is 30.4. The van der Waals surface area contributed by atoms with Crippen molar-refractivity contribution in [2.24, 2.45) is 0 Å². The maximum absolute atomic E-state index is 11.4. The van der Waals surface area contributed by atoms with E-state index in [2.05, 4.69) is 79.3 Å². The van der Waals surface area contributed by atoms with E-state index in [-0.39, 0.29) is 51.0 Å². The molecule has 6 rings (SSSR count). The van der Waals surface area contributed by atoms with Crippen LogP contribution in [0.25, 0.3) is 0 Å². The minimum atomic E-state index is -0.649. The molecule has 0 bridgehead atoms. The van der Waals surface area contributed by atoms with Crippen molar-refractivity contribution in [3.63, 3.8) is 0 Å². The van der Waals surface area contributed by atoms with Crippen LogP contribution in [0.4, 0.5) is 0 Å². The highest BCUT2D eigenvalue weighted by Crippen LogP contribution is 2.47. The van der Waals surface area contributed by atoms with Crippen LogP contribution in [-0.2, 0) is 96.5 Å². The molecule has 21 nitrogen and oxygen atoms in total. The minimum Gasteiger partial charge on any atom is -0.493 e. The van der Waals surface area contributed by atoms with Gasteiger partial charge in [0.05, 0.1) is 11.9 Å². The molecule has 9 atom stereocenters. The Kier molecular flexibility index (Phi) is 61.2. The van der Waals surface area contributed by atoms with Crippen molar-refractivity contribution in [2.45, 2.75) is 206 Å². The first-order chi connectivity index (χ1) is 52.7. The number of hydrogen-bond acceptors (Lipinski definition) is 31. The van der Waals surface area contributed by atoms with Crippen LogP contribution in [0.1, 0.15) is 156 Å². The van der Waals surface area contributed by atoms with Gasteiger partial charge >= 0.3 is 29.8 Å². The summed E-state index contributed by atoms with van der Waals surface area (Å²) in [6.45, 7) is 46.5. The van der Waals surface area contributed by atoms with E-state index >= 15 is 0 Å². The third-order valence-corrected chi connectivity index (χ3v) is 30.4. The Hall–Kier alpha value is -4.19. The van der Waals surface area contributed by atoms with E-state index in [0.29, 0.717) is 48.2 Å². The summed E-state index contributed by atoms with van der Waals surface area (Å²) in [5, 5.41) is 3.26. The van der Waals surface area contributed by atoms with Gasteiger partial charge < -0.3 is 52.9 Å². The number of esters is 5. The summed E-state index contributed by atoms with van der Waals surface area (Å²) in [7, 11) is 19.3. The molecule has 0 aliphatic carbocycles. The summed E-state index contributed by atoms with van der Waals surface area (Å²) in [6, 6.07) is 9.51. The second-order valence-corrected chi connectivity index (χ2v) is 38.2. The van der Waals surface area contributed by atoms with Gasteiger partial charge in [0.1, 0.15) is 86.4 Å². The lowest BCUT2D eigenvalue weighted by molar-refractivity contribution is -0.344. The van der Waals surface area contributed by atoms with Gasteiger partial charge in [-0.2, -0.15) is 24.4 Å². The van der Waals surface area contributed by atoms with Gasteiger partial charge in [-0.25, -0.2) is 24.0 Å². The molecule has 0 amide bonds. The highest BCUT2D eigenvalue weighted by Gasteiger charge is 2.45. The van der Waals surface area contributed by atoms with E-state index in [1.165, 1.54) is 74.0 Å². The predicted molar refractivity (Wildman–Crippen MR) is 457 cm³/mol. The van der Waals surface area contributed by atoms with E-state index in [9.17, 15) is 24.0 Å². The number of ether oxygens (including phenoxy) is 6. The molecule has 5 aliphatic rings. The number of para-hydroxylation sites is 1. The topological polar surface area (TPSA) is 233 Å². The normalized spacial score (nSPS) is 18.6. The van der Waals surface area contributed by atoms with Crippen LogP contribution in [0.3, 0.4) is 0 Å². The Balaban J connectivity index is 0.000000466. The van der Waals surface area contributed by atoms with Gasteiger partial charge in [-0.15, -0.1) is 6.58 Å². The lowest BCUT2D eigenvalue weighted by atomic mass is 9.95. The SMILES string of the molecule is C=CC(=O)OCC(C)OOC(=C)CCCC1CCSS1.C=CC(=O)OCC(C=C)OOC(=C)CCCC1CCSS1.C=CC(=O)OCC(CC)(OOC(=C)CCC)C1CCSS1.C=CC(=O)OCC(CCOc1ccccc1)OOC(=C)CCCC1CCSS1.C=CC(=O)OCCOOC(=C)CCCC1CCSS1. The summed E-state index contributed by atoms with van der Waals surface area (Å²) in [6.07, 6.45) is 26.8. The van der Waals surface area contributed by atoms with Crippen molar-refractivity contribution in [1.82, 2.24) is 0 Å². The molecule has 614 valence electrons. The van der Waals surface area contributed by atoms with E-state index in [1.54, 1.807) is 28.5 Å². The van der Waals surface area contributed by atoms with Gasteiger partial charge in [0.2, 0.25) is 0 Å². The van der Waals surface area contributed by atoms with Gasteiger partial charge in [-0.3, -0.25) is 0 Å². The Bertz CT molecular complexity index is 2810. The lowest BCUT2D eigenvalue weighted by Crippen LogP contribution is -2.46. The second kappa shape index (κ2) is 66.1. The smallest absolute Gasteiger partial charge is 0.330 e. The van der Waals surface area contributed by atoms with Crippen molar-refractivity contribution in [3.8, 4) is 5.75 Å². The molecule has 0 spiro atoms. The molecule has 5 heterocycles. The van der Waals surface area contributed by atoms with Gasteiger partial charge in [-0.05, 0) is 115 Å². The summed E-state index contributed by atoms with van der Waals surface area (Å²) in [4.78, 5) is 108. The third-order valence-electron chi connectivity index (χ3n) is 15.3. The number of rotatable bonds is 55. The highest BCUT2D eigenvalue weighted by atomic mass is 33.1. The number of allylic oxidation sites excluding steroid dienone is 5. The zero-order valence-corrected chi connectivity index (χ0v) is 71.9. The van der Waals surface area contributed by atoms with Crippen molar-refractivity contribution >= 4 is 138 Å². The van der Waals surface area contributed by atoms with Crippen LogP contribution in [-0.4, -0.2) is 155 Å². The number of benzene rings is 1. The Labute approximate surface area is 688 Å². The van der Waals surface area contributed by atoms with Crippen LogP contribution in [0.15, 0.2) is 168 Å². The fraction of sp³-hybridized carbons (Fsp3) is 0.577. The molecule has 0 N–H and O–H groups in total. The second-order valence-electron chi connectivity index (χ2n) is 24.4. The lowest BCUT2D eigenvalue weighted by Gasteiger charge is -2.34. The third kappa shape index (κ3) is 52.8. The number of carbonyl (C=O) groups excluding carboxylic acids is 5. The summed E-state index contributed by atoms with van der Waals surface area (Å²) in [5.74, 6) is 7.47. The van der Waals surface area contributed by atoms with Crippen LogP contribution >= 0.6 is 108 Å². The van der Waals surface area contributed by atoms with Crippen molar-refractivity contribution in [1.29, 1.82) is 0 Å². The maximum atomic E-state index is 11.4. The van der Waals surface area contributed by atoms with Crippen LogP contribution in [0.5, 0.6) is 5.75 Å². The molecule has 5 fully saturated rings. The van der Waals surface area contributed by atoms with Crippen molar-refractivity contribution in [2.75, 3.05) is 75.0 Å². The summed E-state index contributed by atoms with van der Waals surface area (Å²) >= 11 is 0. The van der Waals surface area contributed by atoms with E-state index < -0.39 is 47.7 Å². The molecule has 31 heteroatoms. The number of hydrogen-bond donors (Lipinski definition) is 0. The first-order valence-electron chi connectivity index (χ1n) is 36.5. The molecule has 0 aromatic heterocycles. The Morgan fingerprint density at radius 2 is 0.890 bits per heavy atom. The molecular weight excluding hydrogens is 1590 g/mol. The van der Waals surface area contributed by atoms with Crippen LogP contribution < -0.4 is 4.74 Å². The average molecular weight is 1710 g/mol. The van der Waals surface area contributed by atoms with Crippen molar-refractivity contribution < 1.29 is 101 Å². The number of carbonyl (C=O) groups is 5. The molecule has 5 aliphatic heterocycles. The van der Waals surface area contributed by atoms with Crippen molar-refractivity contribution in [3.05, 3.63) is 168 Å². The first-order valence-corrected chi connectivity index (χ1v) is 48.4. The maximum Gasteiger partial charge on any atom is 0.330 e. The molecule has 5 saturated heterocycles. The van der Waals surface area contributed by atoms with E-state index in [1.807, 2.05) is 124 Å². The molecule has 0 radical (unpaired) electrons. The summed E-state index contributed by atoms with van der Waals surface area (Å²) in [5.41, 5.74) is -0.649.